The third kappa shape index (κ3) is 7.28. The third-order valence-corrected chi connectivity index (χ3v) is 7.28. The maximum atomic E-state index is 10.8. The van der Waals surface area contributed by atoms with Gasteiger partial charge in [0.05, 0.1) is 6.61 Å². The minimum Gasteiger partial charge on any atom is -0.494 e. The number of hydrogen-bond acceptors (Lipinski definition) is 4. The zero-order valence-corrected chi connectivity index (χ0v) is 21.2. The summed E-state index contributed by atoms with van der Waals surface area (Å²) in [4.78, 5) is 10.8. The van der Waals surface area contributed by atoms with E-state index < -0.39 is 5.97 Å². The molecule has 4 nitrogen and oxygen atoms in total. The number of aryl methyl sites for hydroxylation is 3. The number of thioether (sulfide) groups is 1. The molecule has 35 heavy (non-hydrogen) atoms. The molecule has 0 aliphatic heterocycles. The van der Waals surface area contributed by atoms with Crippen molar-refractivity contribution >= 4 is 17.7 Å². The number of carboxylic acids is 1. The lowest BCUT2D eigenvalue weighted by Gasteiger charge is -2.14. The predicted molar refractivity (Wildman–Crippen MR) is 144 cm³/mol. The van der Waals surface area contributed by atoms with Crippen molar-refractivity contribution in [1.29, 1.82) is 0 Å². The number of ether oxygens (including phenoxy) is 2. The molecule has 1 N–H and O–H groups in total. The Morgan fingerprint density at radius 3 is 2.46 bits per heavy atom. The van der Waals surface area contributed by atoms with E-state index in [4.69, 9.17) is 14.6 Å². The Hall–Kier alpha value is -2.92. The molecule has 1 aliphatic carbocycles. The summed E-state index contributed by atoms with van der Waals surface area (Å²) in [5, 5.41) is 8.84. The lowest BCUT2D eigenvalue weighted by Crippen LogP contribution is -2.00. The van der Waals surface area contributed by atoms with Crippen molar-refractivity contribution in [2.24, 2.45) is 0 Å². The quantitative estimate of drug-likeness (QED) is 0.278. The molecule has 0 fully saturated rings. The number of hydrogen-bond donors (Lipinski definition) is 1. The van der Waals surface area contributed by atoms with Crippen molar-refractivity contribution in [3.05, 3.63) is 82.9 Å². The average molecular weight is 491 g/mol. The van der Waals surface area contributed by atoms with Gasteiger partial charge in [0.15, 0.2) is 0 Å². The second-order valence-corrected chi connectivity index (χ2v) is 10.3. The molecule has 0 unspecified atom stereocenters. The first-order chi connectivity index (χ1) is 17.1. The normalized spacial score (nSPS) is 12.4. The van der Waals surface area contributed by atoms with Crippen molar-refractivity contribution in [2.45, 2.75) is 52.1 Å². The van der Waals surface area contributed by atoms with E-state index in [0.29, 0.717) is 13.0 Å². The van der Waals surface area contributed by atoms with Crippen LogP contribution in [-0.4, -0.2) is 29.2 Å². The van der Waals surface area contributed by atoms with Gasteiger partial charge in [-0.25, -0.2) is 0 Å². The van der Waals surface area contributed by atoms with E-state index in [1.807, 2.05) is 36.0 Å². The molecule has 0 saturated carbocycles. The van der Waals surface area contributed by atoms with Gasteiger partial charge < -0.3 is 14.6 Å². The van der Waals surface area contributed by atoms with Crippen molar-refractivity contribution in [1.82, 2.24) is 0 Å². The molecule has 0 bridgehead atoms. The summed E-state index contributed by atoms with van der Waals surface area (Å²) in [5.74, 6) is 3.29. The molecule has 4 rings (SSSR count). The van der Waals surface area contributed by atoms with Crippen LogP contribution in [0.1, 0.15) is 48.4 Å². The van der Waals surface area contributed by atoms with Gasteiger partial charge in [0.25, 0.3) is 0 Å². The first kappa shape index (κ1) is 25.2. The SMILES string of the molecule is CCSCCCOc1ccc2c(c1)CCCc1ccc(COc3ccc(CCC(=O)O)cc3)cc1-2. The number of carbonyl (C=O) groups is 1. The largest absolute Gasteiger partial charge is 0.494 e. The Morgan fingerprint density at radius 1 is 0.886 bits per heavy atom. The first-order valence-corrected chi connectivity index (χ1v) is 13.7. The highest BCUT2D eigenvalue weighted by Gasteiger charge is 2.16. The van der Waals surface area contributed by atoms with E-state index in [1.54, 1.807) is 0 Å². The Kier molecular flexibility index (Phi) is 9.13. The van der Waals surface area contributed by atoms with Crippen LogP contribution in [0.2, 0.25) is 0 Å². The van der Waals surface area contributed by atoms with Crippen LogP contribution < -0.4 is 9.47 Å². The van der Waals surface area contributed by atoms with Crippen LogP contribution in [0.15, 0.2) is 60.7 Å². The van der Waals surface area contributed by atoms with Crippen LogP contribution in [0.25, 0.3) is 11.1 Å². The number of fused-ring (bicyclic) bond motifs is 3. The molecule has 0 aromatic heterocycles. The van der Waals surface area contributed by atoms with E-state index in [1.165, 1.54) is 22.3 Å². The molecule has 184 valence electrons. The van der Waals surface area contributed by atoms with Gasteiger partial charge in [-0.3, -0.25) is 4.79 Å². The Morgan fingerprint density at radius 2 is 1.66 bits per heavy atom. The Labute approximate surface area is 212 Å². The van der Waals surface area contributed by atoms with Crippen molar-refractivity contribution in [3.63, 3.8) is 0 Å². The van der Waals surface area contributed by atoms with E-state index in [0.717, 1.165) is 66.4 Å². The van der Waals surface area contributed by atoms with Crippen molar-refractivity contribution in [3.8, 4) is 22.6 Å². The molecule has 0 heterocycles. The minimum absolute atomic E-state index is 0.141. The molecule has 0 radical (unpaired) electrons. The van der Waals surface area contributed by atoms with Crippen molar-refractivity contribution in [2.75, 3.05) is 18.1 Å². The molecular weight excluding hydrogens is 456 g/mol. The van der Waals surface area contributed by atoms with E-state index in [9.17, 15) is 4.79 Å². The lowest BCUT2D eigenvalue weighted by atomic mass is 9.95. The highest BCUT2D eigenvalue weighted by atomic mass is 32.2. The number of rotatable bonds is 12. The highest BCUT2D eigenvalue weighted by Crippen LogP contribution is 2.35. The molecule has 1 aliphatic rings. The van der Waals surface area contributed by atoms with Gasteiger partial charge in [-0.2, -0.15) is 11.8 Å². The molecule has 3 aromatic carbocycles. The smallest absolute Gasteiger partial charge is 0.303 e. The molecule has 0 spiro atoms. The summed E-state index contributed by atoms with van der Waals surface area (Å²) in [6.45, 7) is 3.45. The first-order valence-electron chi connectivity index (χ1n) is 12.5. The van der Waals surface area contributed by atoms with E-state index >= 15 is 0 Å². The van der Waals surface area contributed by atoms with Crippen LogP contribution in [0.3, 0.4) is 0 Å². The zero-order valence-electron chi connectivity index (χ0n) is 20.4. The average Bonchev–Trinajstić information content (AvgIpc) is 3.05. The fraction of sp³-hybridized carbons (Fsp3) is 0.367. The molecule has 0 saturated heterocycles. The highest BCUT2D eigenvalue weighted by molar-refractivity contribution is 7.99. The van der Waals surface area contributed by atoms with E-state index in [2.05, 4.69) is 43.3 Å². The van der Waals surface area contributed by atoms with Gasteiger partial charge in [-0.15, -0.1) is 0 Å². The number of benzene rings is 3. The lowest BCUT2D eigenvalue weighted by molar-refractivity contribution is -0.136. The molecule has 0 atom stereocenters. The second kappa shape index (κ2) is 12.7. The molecule has 0 amide bonds. The van der Waals surface area contributed by atoms with Crippen LogP contribution in [0, 0.1) is 0 Å². The van der Waals surface area contributed by atoms with Crippen LogP contribution in [0.5, 0.6) is 11.5 Å². The number of aliphatic carboxylic acids is 1. The van der Waals surface area contributed by atoms with Gasteiger partial charge in [0.2, 0.25) is 0 Å². The van der Waals surface area contributed by atoms with Gasteiger partial charge in [0, 0.05) is 6.42 Å². The van der Waals surface area contributed by atoms with Crippen LogP contribution in [-0.2, 0) is 30.7 Å². The summed E-state index contributed by atoms with van der Waals surface area (Å²) in [7, 11) is 0. The maximum Gasteiger partial charge on any atom is 0.303 e. The second-order valence-electron chi connectivity index (χ2n) is 8.89. The fourth-order valence-electron chi connectivity index (χ4n) is 4.45. The van der Waals surface area contributed by atoms with Crippen LogP contribution in [0.4, 0.5) is 0 Å². The Bertz CT molecular complexity index is 1120. The van der Waals surface area contributed by atoms with E-state index in [-0.39, 0.29) is 6.42 Å². The van der Waals surface area contributed by atoms with Crippen molar-refractivity contribution < 1.29 is 19.4 Å². The maximum absolute atomic E-state index is 10.8. The summed E-state index contributed by atoms with van der Waals surface area (Å²) in [5.41, 5.74) is 7.49. The summed E-state index contributed by atoms with van der Waals surface area (Å²) < 4.78 is 12.1. The molecule has 5 heteroatoms. The fourth-order valence-corrected chi connectivity index (χ4v) is 5.06. The summed E-state index contributed by atoms with van der Waals surface area (Å²) in [6, 6.07) is 20.9. The third-order valence-electron chi connectivity index (χ3n) is 6.30. The minimum atomic E-state index is -0.777. The Balaban J connectivity index is 1.41. The monoisotopic (exact) mass is 490 g/mol. The zero-order chi connectivity index (χ0) is 24.5. The molecule has 3 aromatic rings. The summed E-state index contributed by atoms with van der Waals surface area (Å²) >= 11 is 1.96. The van der Waals surface area contributed by atoms with Crippen LogP contribution >= 0.6 is 11.8 Å². The standard InChI is InChI=1S/C30H34O4S/c1-2-35-18-4-17-33-27-14-15-28-25(20-27)6-3-5-24-11-7-23(19-29(24)28)21-34-26-12-8-22(9-13-26)10-16-30(31)32/h7-9,11-15,19-20H,2-6,10,16-18,21H2,1H3,(H,31,32). The van der Waals surface area contributed by atoms with Gasteiger partial charge >= 0.3 is 5.97 Å². The van der Waals surface area contributed by atoms with Gasteiger partial charge in [-0.05, 0) is 107 Å². The summed E-state index contributed by atoms with van der Waals surface area (Å²) in [6.07, 6.45) is 5.03. The number of carboxylic acid groups (broad SMARTS) is 1. The molecular formula is C30H34O4S. The topological polar surface area (TPSA) is 55.8 Å². The van der Waals surface area contributed by atoms with Gasteiger partial charge in [-0.1, -0.05) is 37.3 Å². The van der Waals surface area contributed by atoms with Gasteiger partial charge in [0.1, 0.15) is 18.1 Å². The predicted octanol–water partition coefficient (Wildman–Crippen LogP) is 6.96.